The number of methoxy groups -OCH3 is 2. The monoisotopic (exact) mass is 632 g/mol. The average molecular weight is 633 g/mol. The highest BCUT2D eigenvalue weighted by Crippen LogP contribution is 2.34. The standard InChI is InChI=1S/C31H33ClN8O5/c1-44-30(42)25-6-4-3-5-24(37-29(41)12-7-20-15-21(32)8-11-28(20)40-18-34-38-39-40)27-16-19(13-14-33-27)23-10-9-22(17-26(23)36-25)35-31(43)45-2/h7-18,24-25,30,36,42H,3-6H2,1-2H3,(H,35,43)(H,37,41)/b12-7+/t24-,25?,30+/m0/s1. The van der Waals surface area contributed by atoms with Crippen molar-refractivity contribution in [3.8, 4) is 16.8 Å². The smallest absolute Gasteiger partial charge is 0.411 e. The van der Waals surface area contributed by atoms with Crippen LogP contribution in [0.1, 0.15) is 43.0 Å². The minimum Gasteiger partial charge on any atom is -0.453 e. The largest absolute Gasteiger partial charge is 0.453 e. The van der Waals surface area contributed by atoms with Crippen LogP contribution < -0.4 is 16.0 Å². The Bertz CT molecular complexity index is 1670. The quantitative estimate of drug-likeness (QED) is 0.165. The Hall–Kier alpha value is -4.85. The molecule has 5 rings (SSSR count). The van der Waals surface area contributed by atoms with Crippen molar-refractivity contribution in [3.05, 3.63) is 83.4 Å². The van der Waals surface area contributed by atoms with Crippen molar-refractivity contribution in [3.63, 3.8) is 0 Å². The second-order valence-electron chi connectivity index (χ2n) is 10.4. The number of fused-ring (bicyclic) bond motifs is 4. The van der Waals surface area contributed by atoms with Crippen LogP contribution in [0.15, 0.2) is 67.1 Å². The zero-order valence-corrected chi connectivity index (χ0v) is 25.4. The molecule has 1 unspecified atom stereocenters. The number of anilines is 2. The molecule has 2 bridgehead atoms. The summed E-state index contributed by atoms with van der Waals surface area (Å²) in [6.07, 6.45) is 7.26. The molecule has 1 aliphatic rings. The van der Waals surface area contributed by atoms with E-state index in [0.29, 0.717) is 46.2 Å². The van der Waals surface area contributed by atoms with Crippen LogP contribution in [0.25, 0.3) is 22.9 Å². The number of aliphatic hydroxyl groups is 1. The number of aromatic nitrogens is 5. The van der Waals surface area contributed by atoms with Gasteiger partial charge in [-0.2, -0.15) is 4.68 Å². The summed E-state index contributed by atoms with van der Waals surface area (Å²) in [5, 5.41) is 31.7. The van der Waals surface area contributed by atoms with Gasteiger partial charge in [0.25, 0.3) is 0 Å². The highest BCUT2D eigenvalue weighted by molar-refractivity contribution is 6.30. The van der Waals surface area contributed by atoms with Gasteiger partial charge in [-0.1, -0.05) is 30.5 Å². The van der Waals surface area contributed by atoms with Crippen LogP contribution in [0.3, 0.4) is 0 Å². The molecule has 4 N–H and O–H groups in total. The lowest BCUT2D eigenvalue weighted by Crippen LogP contribution is -2.35. The third-order valence-electron chi connectivity index (χ3n) is 7.40. The van der Waals surface area contributed by atoms with Gasteiger partial charge >= 0.3 is 6.09 Å². The van der Waals surface area contributed by atoms with Crippen molar-refractivity contribution in [2.24, 2.45) is 0 Å². The number of nitrogens with zero attached hydrogens (tertiary/aromatic N) is 5. The van der Waals surface area contributed by atoms with Crippen molar-refractivity contribution in [2.75, 3.05) is 24.9 Å². The average Bonchev–Trinajstić information content (AvgIpc) is 3.59. The van der Waals surface area contributed by atoms with Crippen LogP contribution >= 0.6 is 11.6 Å². The van der Waals surface area contributed by atoms with Crippen LogP contribution in [0, 0.1) is 0 Å². The number of ether oxygens (including phenoxy) is 2. The lowest BCUT2D eigenvalue weighted by Gasteiger charge is -2.27. The fourth-order valence-electron chi connectivity index (χ4n) is 5.15. The van der Waals surface area contributed by atoms with E-state index in [1.54, 1.807) is 42.6 Å². The molecule has 14 heteroatoms. The second-order valence-corrected chi connectivity index (χ2v) is 10.8. The zero-order chi connectivity index (χ0) is 31.8. The molecule has 234 valence electrons. The number of halogens is 1. The van der Waals surface area contributed by atoms with E-state index in [2.05, 4.69) is 36.5 Å². The number of aliphatic hydroxyl groups excluding tert-OH is 1. The van der Waals surface area contributed by atoms with Crippen molar-refractivity contribution in [1.82, 2.24) is 30.5 Å². The highest BCUT2D eigenvalue weighted by atomic mass is 35.5. The normalized spacial score (nSPS) is 17.2. The van der Waals surface area contributed by atoms with Gasteiger partial charge in [0.15, 0.2) is 6.29 Å². The van der Waals surface area contributed by atoms with E-state index in [1.807, 2.05) is 18.2 Å². The van der Waals surface area contributed by atoms with Gasteiger partial charge in [-0.15, -0.1) is 5.10 Å². The van der Waals surface area contributed by atoms with Crippen LogP contribution in [-0.2, 0) is 14.3 Å². The third-order valence-corrected chi connectivity index (χ3v) is 7.64. The molecule has 2 aromatic heterocycles. The number of carbonyl (C=O) groups excluding carboxylic acids is 2. The van der Waals surface area contributed by atoms with Crippen LogP contribution in [0.4, 0.5) is 16.2 Å². The Morgan fingerprint density at radius 2 is 1.98 bits per heavy atom. The molecule has 0 saturated heterocycles. The number of pyridine rings is 1. The van der Waals surface area contributed by atoms with Crippen molar-refractivity contribution in [1.29, 1.82) is 0 Å². The van der Waals surface area contributed by atoms with Gasteiger partial charge in [0.05, 0.1) is 30.6 Å². The Labute approximate surface area is 264 Å². The van der Waals surface area contributed by atoms with E-state index in [9.17, 15) is 14.7 Å². The number of carbonyl (C=O) groups is 2. The van der Waals surface area contributed by atoms with Crippen molar-refractivity contribution >= 4 is 41.1 Å². The Morgan fingerprint density at radius 3 is 2.76 bits per heavy atom. The number of hydrogen-bond donors (Lipinski definition) is 4. The topological polar surface area (TPSA) is 165 Å². The van der Waals surface area contributed by atoms with Gasteiger partial charge in [-0.05, 0) is 77.4 Å². The molecule has 3 heterocycles. The first-order valence-corrected chi connectivity index (χ1v) is 14.7. The number of tetrazole rings is 1. The predicted molar refractivity (Wildman–Crippen MR) is 169 cm³/mol. The molecule has 2 amide bonds. The number of amides is 2. The molecular weight excluding hydrogens is 600 g/mol. The molecule has 2 aromatic carbocycles. The van der Waals surface area contributed by atoms with E-state index in [1.165, 1.54) is 31.3 Å². The molecule has 0 fully saturated rings. The summed E-state index contributed by atoms with van der Waals surface area (Å²) in [6, 6.07) is 13.6. The van der Waals surface area contributed by atoms with Gasteiger partial charge in [-0.25, -0.2) is 4.79 Å². The lowest BCUT2D eigenvalue weighted by molar-refractivity contribution is -0.117. The first-order valence-electron chi connectivity index (χ1n) is 14.3. The van der Waals surface area contributed by atoms with E-state index in [4.69, 9.17) is 21.1 Å². The van der Waals surface area contributed by atoms with E-state index >= 15 is 0 Å². The minimum atomic E-state index is -1.07. The SMILES string of the molecule is COC(=O)Nc1ccc2c(c1)NC([C@H](O)OC)CCCC[C@H](NC(=O)/C=C/c1cc(Cl)ccc1-n1cnnn1)c1cc-2ccn1. The Balaban J connectivity index is 1.44. The molecule has 0 saturated carbocycles. The molecule has 0 radical (unpaired) electrons. The van der Waals surface area contributed by atoms with E-state index in [0.717, 1.165) is 24.0 Å². The summed E-state index contributed by atoms with van der Waals surface area (Å²) >= 11 is 6.23. The fourth-order valence-corrected chi connectivity index (χ4v) is 5.33. The fraction of sp³-hybridized carbons (Fsp3) is 0.290. The van der Waals surface area contributed by atoms with Crippen LogP contribution in [-0.4, -0.2) is 68.8 Å². The van der Waals surface area contributed by atoms with Gasteiger partial charge in [0, 0.05) is 46.9 Å². The Morgan fingerprint density at radius 1 is 1.13 bits per heavy atom. The first-order chi connectivity index (χ1) is 21.8. The molecule has 4 aromatic rings. The summed E-state index contributed by atoms with van der Waals surface area (Å²) in [7, 11) is 2.74. The highest BCUT2D eigenvalue weighted by Gasteiger charge is 2.23. The van der Waals surface area contributed by atoms with E-state index < -0.39 is 18.4 Å². The summed E-state index contributed by atoms with van der Waals surface area (Å²) in [5.74, 6) is -0.310. The van der Waals surface area contributed by atoms with E-state index in [-0.39, 0.29) is 11.9 Å². The number of benzene rings is 2. The van der Waals surface area contributed by atoms with Crippen LogP contribution in [0.5, 0.6) is 0 Å². The summed E-state index contributed by atoms with van der Waals surface area (Å²) in [6.45, 7) is 0. The summed E-state index contributed by atoms with van der Waals surface area (Å²) in [4.78, 5) is 29.7. The summed E-state index contributed by atoms with van der Waals surface area (Å²) < 4.78 is 11.5. The number of rotatable bonds is 7. The lowest BCUT2D eigenvalue weighted by atomic mass is 9.96. The number of hydrogen-bond acceptors (Lipinski definition) is 10. The first kappa shape index (κ1) is 31.6. The van der Waals surface area contributed by atoms with Gasteiger partial charge in [-0.3, -0.25) is 15.1 Å². The second kappa shape index (κ2) is 14.8. The van der Waals surface area contributed by atoms with Crippen LogP contribution in [0.2, 0.25) is 5.02 Å². The number of nitrogens with one attached hydrogen (secondary N) is 3. The zero-order valence-electron chi connectivity index (χ0n) is 24.7. The molecule has 0 aliphatic carbocycles. The minimum absolute atomic E-state index is 0.310. The third kappa shape index (κ3) is 8.01. The summed E-state index contributed by atoms with van der Waals surface area (Å²) in [5.41, 5.74) is 4.85. The molecule has 13 nitrogen and oxygen atoms in total. The molecule has 1 aliphatic heterocycles. The maximum Gasteiger partial charge on any atom is 0.411 e. The molecular formula is C31H33ClN8O5. The maximum absolute atomic E-state index is 13.3. The molecule has 3 atom stereocenters. The van der Waals surface area contributed by atoms with Gasteiger partial charge in [0.1, 0.15) is 6.33 Å². The van der Waals surface area contributed by atoms with Gasteiger partial charge < -0.3 is 25.2 Å². The maximum atomic E-state index is 13.3. The van der Waals surface area contributed by atoms with Crippen molar-refractivity contribution in [2.45, 2.75) is 44.1 Å². The predicted octanol–water partition coefficient (Wildman–Crippen LogP) is 4.75. The Kier molecular flexibility index (Phi) is 10.3. The molecule has 45 heavy (non-hydrogen) atoms. The molecule has 0 spiro atoms. The van der Waals surface area contributed by atoms with Crippen molar-refractivity contribution < 1.29 is 24.2 Å². The van der Waals surface area contributed by atoms with Gasteiger partial charge in [0.2, 0.25) is 5.91 Å².